The van der Waals surface area contributed by atoms with Crippen molar-refractivity contribution in [2.45, 2.75) is 4.90 Å². The standard InChI is InChI=1S/C8H5FN2S/c9-12-6-1-2-7-8(5-6)11-4-3-10-7/h1-5H. The Morgan fingerprint density at radius 3 is 2.58 bits per heavy atom. The van der Waals surface area contributed by atoms with E-state index in [4.69, 9.17) is 0 Å². The van der Waals surface area contributed by atoms with E-state index in [9.17, 15) is 3.89 Å². The van der Waals surface area contributed by atoms with Crippen LogP contribution < -0.4 is 0 Å². The van der Waals surface area contributed by atoms with Crippen LogP contribution in [0.2, 0.25) is 0 Å². The Hall–Kier alpha value is -1.16. The van der Waals surface area contributed by atoms with Crippen LogP contribution in [0.25, 0.3) is 11.0 Å². The zero-order valence-corrected chi connectivity index (χ0v) is 6.88. The summed E-state index contributed by atoms with van der Waals surface area (Å²) in [7, 11) is 0. The predicted octanol–water partition coefficient (Wildman–Crippen LogP) is 2.61. The van der Waals surface area contributed by atoms with Gasteiger partial charge < -0.3 is 0 Å². The molecule has 0 amide bonds. The molecule has 12 heavy (non-hydrogen) atoms. The van der Waals surface area contributed by atoms with Gasteiger partial charge in [-0.1, -0.05) is 0 Å². The fraction of sp³-hybridized carbons (Fsp3) is 0. The lowest BCUT2D eigenvalue weighted by Crippen LogP contribution is -1.81. The highest BCUT2D eigenvalue weighted by Crippen LogP contribution is 2.21. The van der Waals surface area contributed by atoms with Gasteiger partial charge in [-0.15, -0.1) is 0 Å². The first-order valence-electron chi connectivity index (χ1n) is 3.39. The quantitative estimate of drug-likeness (QED) is 0.674. The Morgan fingerprint density at radius 2 is 1.83 bits per heavy atom. The van der Waals surface area contributed by atoms with Crippen LogP contribution in [-0.4, -0.2) is 9.97 Å². The topological polar surface area (TPSA) is 25.8 Å². The maximum absolute atomic E-state index is 12.1. The first-order chi connectivity index (χ1) is 5.90. The van der Waals surface area contributed by atoms with Crippen LogP contribution >= 0.6 is 12.1 Å². The Bertz CT molecular complexity index is 405. The molecule has 0 fully saturated rings. The highest BCUT2D eigenvalue weighted by molar-refractivity contribution is 7.94. The van der Waals surface area contributed by atoms with Gasteiger partial charge in [0.2, 0.25) is 0 Å². The van der Waals surface area contributed by atoms with E-state index in [1.807, 2.05) is 0 Å². The predicted molar refractivity (Wildman–Crippen MR) is 46.5 cm³/mol. The summed E-state index contributed by atoms with van der Waals surface area (Å²) in [6, 6.07) is 5.11. The van der Waals surface area contributed by atoms with Crippen molar-refractivity contribution < 1.29 is 3.89 Å². The monoisotopic (exact) mass is 180 g/mol. The van der Waals surface area contributed by atoms with E-state index in [1.54, 1.807) is 30.6 Å². The van der Waals surface area contributed by atoms with E-state index in [-0.39, 0.29) is 12.1 Å². The smallest absolute Gasteiger partial charge is 0.0898 e. The minimum absolute atomic E-state index is 0.216. The maximum Gasteiger partial charge on any atom is 0.0898 e. The summed E-state index contributed by atoms with van der Waals surface area (Å²) >= 11 is 0.216. The zero-order chi connectivity index (χ0) is 8.39. The van der Waals surface area contributed by atoms with Crippen LogP contribution in [0.1, 0.15) is 0 Å². The fourth-order valence-corrected chi connectivity index (χ4v) is 1.27. The van der Waals surface area contributed by atoms with E-state index >= 15 is 0 Å². The second kappa shape index (κ2) is 3.06. The number of fused-ring (bicyclic) bond motifs is 1. The molecule has 4 heteroatoms. The van der Waals surface area contributed by atoms with Crippen molar-refractivity contribution in [2.24, 2.45) is 0 Å². The Labute approximate surface area is 73.1 Å². The minimum atomic E-state index is 0.216. The number of nitrogens with zero attached hydrogens (tertiary/aromatic N) is 2. The molecular formula is C8H5FN2S. The molecule has 60 valence electrons. The number of hydrogen-bond acceptors (Lipinski definition) is 3. The van der Waals surface area contributed by atoms with Crippen molar-refractivity contribution in [3.8, 4) is 0 Å². The average molecular weight is 180 g/mol. The van der Waals surface area contributed by atoms with Crippen molar-refractivity contribution in [3.63, 3.8) is 0 Å². The van der Waals surface area contributed by atoms with Crippen molar-refractivity contribution in [1.82, 2.24) is 9.97 Å². The molecule has 0 atom stereocenters. The molecule has 2 aromatic rings. The largest absolute Gasteiger partial charge is 0.253 e. The molecule has 0 aliphatic carbocycles. The maximum atomic E-state index is 12.1. The Kier molecular flexibility index (Phi) is 1.91. The van der Waals surface area contributed by atoms with Gasteiger partial charge in [-0.05, 0) is 18.2 Å². The van der Waals surface area contributed by atoms with Gasteiger partial charge >= 0.3 is 0 Å². The van der Waals surface area contributed by atoms with Crippen LogP contribution in [-0.2, 0) is 0 Å². The molecule has 0 N–H and O–H groups in total. The number of hydrogen-bond donors (Lipinski definition) is 0. The van der Waals surface area contributed by atoms with Gasteiger partial charge in [0.1, 0.15) is 0 Å². The zero-order valence-electron chi connectivity index (χ0n) is 6.07. The minimum Gasteiger partial charge on any atom is -0.253 e. The molecule has 0 aliphatic rings. The van der Waals surface area contributed by atoms with Crippen molar-refractivity contribution in [1.29, 1.82) is 0 Å². The van der Waals surface area contributed by atoms with E-state index in [0.29, 0.717) is 4.90 Å². The second-order valence-electron chi connectivity index (χ2n) is 2.28. The second-order valence-corrected chi connectivity index (χ2v) is 2.91. The van der Waals surface area contributed by atoms with Crippen LogP contribution in [0.15, 0.2) is 35.5 Å². The van der Waals surface area contributed by atoms with Crippen molar-refractivity contribution >= 4 is 23.2 Å². The molecule has 0 spiro atoms. The van der Waals surface area contributed by atoms with Crippen molar-refractivity contribution in [2.75, 3.05) is 0 Å². The molecule has 0 bridgehead atoms. The summed E-state index contributed by atoms with van der Waals surface area (Å²) in [5, 5.41) is 0. The number of halogens is 1. The highest BCUT2D eigenvalue weighted by atomic mass is 32.2. The molecule has 1 aromatic carbocycles. The molecule has 0 saturated carbocycles. The van der Waals surface area contributed by atoms with E-state index in [0.717, 1.165) is 11.0 Å². The first kappa shape index (κ1) is 7.49. The van der Waals surface area contributed by atoms with Crippen LogP contribution in [0.4, 0.5) is 3.89 Å². The summed E-state index contributed by atoms with van der Waals surface area (Å²) < 4.78 is 12.1. The van der Waals surface area contributed by atoms with Gasteiger partial charge in [0.15, 0.2) is 0 Å². The molecular weight excluding hydrogens is 175 g/mol. The van der Waals surface area contributed by atoms with Crippen molar-refractivity contribution in [3.05, 3.63) is 30.6 Å². The first-order valence-corrected chi connectivity index (χ1v) is 4.11. The van der Waals surface area contributed by atoms with Gasteiger partial charge in [-0.3, -0.25) is 9.97 Å². The normalized spacial score (nSPS) is 10.4. The third-order valence-corrected chi connectivity index (χ3v) is 1.96. The van der Waals surface area contributed by atoms with Gasteiger partial charge in [0, 0.05) is 17.3 Å². The number of rotatable bonds is 1. The molecule has 2 rings (SSSR count). The average Bonchev–Trinajstić information content (AvgIpc) is 2.17. The molecule has 2 nitrogen and oxygen atoms in total. The van der Waals surface area contributed by atoms with Gasteiger partial charge in [0.25, 0.3) is 0 Å². The SMILES string of the molecule is FSc1ccc2nccnc2c1. The number of benzene rings is 1. The lowest BCUT2D eigenvalue weighted by atomic mass is 10.3. The summed E-state index contributed by atoms with van der Waals surface area (Å²) in [4.78, 5) is 8.67. The Morgan fingerprint density at radius 1 is 1.08 bits per heavy atom. The third-order valence-electron chi connectivity index (χ3n) is 1.53. The lowest BCUT2D eigenvalue weighted by Gasteiger charge is -1.95. The molecule has 0 aliphatic heterocycles. The van der Waals surface area contributed by atoms with Crippen LogP contribution in [0, 0.1) is 0 Å². The highest BCUT2D eigenvalue weighted by Gasteiger charge is 1.97. The van der Waals surface area contributed by atoms with Crippen LogP contribution in [0.5, 0.6) is 0 Å². The Balaban J connectivity index is 2.67. The summed E-state index contributed by atoms with van der Waals surface area (Å²) in [5.74, 6) is 0. The molecule has 1 aromatic heterocycles. The third kappa shape index (κ3) is 1.25. The molecule has 1 heterocycles. The molecule has 0 saturated heterocycles. The van der Waals surface area contributed by atoms with Gasteiger partial charge in [0.05, 0.1) is 23.2 Å². The summed E-state index contributed by atoms with van der Waals surface area (Å²) in [5.41, 5.74) is 1.51. The van der Waals surface area contributed by atoms with Crippen LogP contribution in [0.3, 0.4) is 0 Å². The van der Waals surface area contributed by atoms with E-state index < -0.39 is 0 Å². The number of aromatic nitrogens is 2. The summed E-state index contributed by atoms with van der Waals surface area (Å²) in [6.45, 7) is 0. The molecule has 0 unspecified atom stereocenters. The van der Waals surface area contributed by atoms with E-state index in [1.165, 1.54) is 0 Å². The van der Waals surface area contributed by atoms with Gasteiger partial charge in [-0.25, -0.2) is 0 Å². The fourth-order valence-electron chi connectivity index (χ4n) is 0.991. The molecule has 0 radical (unpaired) electrons. The van der Waals surface area contributed by atoms with E-state index in [2.05, 4.69) is 9.97 Å². The van der Waals surface area contributed by atoms with Gasteiger partial charge in [-0.2, -0.15) is 3.89 Å². The summed E-state index contributed by atoms with van der Waals surface area (Å²) in [6.07, 6.45) is 3.21. The lowest BCUT2D eigenvalue weighted by molar-refractivity contribution is 0.934.